The maximum absolute atomic E-state index is 14.4. The van der Waals surface area contributed by atoms with E-state index in [1.807, 2.05) is 0 Å². The van der Waals surface area contributed by atoms with E-state index in [9.17, 15) is 26.7 Å². The summed E-state index contributed by atoms with van der Waals surface area (Å²) in [6, 6.07) is 7.53. The molecule has 2 aliphatic heterocycles. The number of carbonyl (C=O) groups is 1. The average molecular weight is 445 g/mol. The standard InChI is InChI=1S/C23H16F5N3O/c1-13-2-3-15(18-9-8-17(24)11-19(18)25)10-21-29-20(12-22(32)31(21)30-13)14-4-6-16(7-5-14)23(26,27)28/h2-12,21,29H,1H3/b3-2-,15-10-,30-13-. The second-order valence-corrected chi connectivity index (χ2v) is 7.23. The molecule has 0 spiro atoms. The van der Waals surface area contributed by atoms with E-state index in [0.29, 0.717) is 16.8 Å². The zero-order valence-electron chi connectivity index (χ0n) is 16.6. The van der Waals surface area contributed by atoms with Gasteiger partial charge in [-0.15, -0.1) is 0 Å². The first-order valence-electron chi connectivity index (χ1n) is 9.51. The molecule has 1 unspecified atom stereocenters. The average Bonchev–Trinajstić information content (AvgIpc) is 2.71. The summed E-state index contributed by atoms with van der Waals surface area (Å²) in [4.78, 5) is 12.7. The third-order valence-corrected chi connectivity index (χ3v) is 4.93. The fourth-order valence-corrected chi connectivity index (χ4v) is 3.36. The Hall–Kier alpha value is -3.75. The summed E-state index contributed by atoms with van der Waals surface area (Å²) in [6.45, 7) is 1.65. The van der Waals surface area contributed by atoms with Crippen LogP contribution < -0.4 is 5.32 Å². The molecule has 164 valence electrons. The van der Waals surface area contributed by atoms with Gasteiger partial charge in [-0.1, -0.05) is 18.2 Å². The molecule has 9 heteroatoms. The summed E-state index contributed by atoms with van der Waals surface area (Å²) in [5, 5.41) is 8.43. The van der Waals surface area contributed by atoms with E-state index in [4.69, 9.17) is 0 Å². The zero-order chi connectivity index (χ0) is 23.0. The van der Waals surface area contributed by atoms with Crippen LogP contribution in [0.25, 0.3) is 11.3 Å². The molecule has 4 nitrogen and oxygen atoms in total. The number of benzene rings is 2. The smallest absolute Gasteiger partial charge is 0.360 e. The van der Waals surface area contributed by atoms with Gasteiger partial charge in [0.2, 0.25) is 0 Å². The van der Waals surface area contributed by atoms with Gasteiger partial charge in [-0.2, -0.15) is 18.3 Å². The van der Waals surface area contributed by atoms with Crippen molar-refractivity contribution in [3.63, 3.8) is 0 Å². The third-order valence-electron chi connectivity index (χ3n) is 4.93. The van der Waals surface area contributed by atoms with Gasteiger partial charge in [-0.25, -0.2) is 13.8 Å². The summed E-state index contributed by atoms with van der Waals surface area (Å²) in [7, 11) is 0. The fraction of sp³-hybridized carbons (Fsp3) is 0.130. The largest absolute Gasteiger partial charge is 0.416 e. The van der Waals surface area contributed by atoms with Crippen LogP contribution >= 0.6 is 0 Å². The molecule has 1 amide bonds. The summed E-state index contributed by atoms with van der Waals surface area (Å²) in [5.74, 6) is -2.00. The molecule has 2 aliphatic rings. The lowest BCUT2D eigenvalue weighted by atomic mass is 10.0. The van der Waals surface area contributed by atoms with Gasteiger partial charge < -0.3 is 5.32 Å². The van der Waals surface area contributed by atoms with Crippen molar-refractivity contribution in [1.29, 1.82) is 0 Å². The van der Waals surface area contributed by atoms with Gasteiger partial charge in [0, 0.05) is 23.4 Å². The maximum atomic E-state index is 14.4. The number of amides is 1. The fourth-order valence-electron chi connectivity index (χ4n) is 3.36. The predicted molar refractivity (Wildman–Crippen MR) is 110 cm³/mol. The molecule has 0 bridgehead atoms. The quantitative estimate of drug-likeness (QED) is 0.653. The number of halogens is 5. The molecular weight excluding hydrogens is 429 g/mol. The molecule has 2 aromatic carbocycles. The Morgan fingerprint density at radius 1 is 1.03 bits per heavy atom. The van der Waals surface area contributed by atoms with Crippen molar-refractivity contribution in [2.45, 2.75) is 19.3 Å². The van der Waals surface area contributed by atoms with Gasteiger partial charge in [0.25, 0.3) is 5.91 Å². The van der Waals surface area contributed by atoms with Crippen molar-refractivity contribution in [2.24, 2.45) is 5.10 Å². The van der Waals surface area contributed by atoms with E-state index in [1.54, 1.807) is 19.1 Å². The van der Waals surface area contributed by atoms with Crippen molar-refractivity contribution in [3.05, 3.63) is 95.1 Å². The van der Waals surface area contributed by atoms with E-state index < -0.39 is 35.4 Å². The number of allylic oxidation sites excluding steroid dienone is 3. The molecule has 4 rings (SSSR count). The summed E-state index contributed by atoms with van der Waals surface area (Å²) < 4.78 is 66.3. The maximum Gasteiger partial charge on any atom is 0.416 e. The van der Waals surface area contributed by atoms with Gasteiger partial charge in [-0.05, 0) is 54.5 Å². The van der Waals surface area contributed by atoms with Crippen molar-refractivity contribution in [1.82, 2.24) is 10.3 Å². The van der Waals surface area contributed by atoms with Crippen LogP contribution in [-0.4, -0.2) is 22.8 Å². The Bertz CT molecular complexity index is 1190. The topological polar surface area (TPSA) is 44.7 Å². The number of fused-ring (bicyclic) bond motifs is 1. The minimum Gasteiger partial charge on any atom is -0.360 e. The van der Waals surface area contributed by atoms with E-state index in [-0.39, 0.29) is 11.3 Å². The Labute approximate surface area is 180 Å². The molecule has 1 atom stereocenters. The number of alkyl halides is 3. The van der Waals surface area contributed by atoms with Gasteiger partial charge in [0.05, 0.1) is 11.3 Å². The van der Waals surface area contributed by atoms with Crippen LogP contribution in [0.3, 0.4) is 0 Å². The van der Waals surface area contributed by atoms with Crippen LogP contribution in [0.2, 0.25) is 0 Å². The molecule has 0 fully saturated rings. The molecule has 0 saturated heterocycles. The van der Waals surface area contributed by atoms with Crippen molar-refractivity contribution in [3.8, 4) is 0 Å². The van der Waals surface area contributed by atoms with Crippen LogP contribution in [0.15, 0.2) is 71.9 Å². The number of hydrogen-bond donors (Lipinski definition) is 1. The Kier molecular flexibility index (Phi) is 5.41. The predicted octanol–water partition coefficient (Wildman–Crippen LogP) is 5.11. The van der Waals surface area contributed by atoms with Gasteiger partial charge >= 0.3 is 6.18 Å². The Morgan fingerprint density at radius 3 is 2.41 bits per heavy atom. The van der Waals surface area contributed by atoms with Crippen LogP contribution in [0.4, 0.5) is 22.0 Å². The third kappa shape index (κ3) is 4.32. The Balaban J connectivity index is 1.73. The highest BCUT2D eigenvalue weighted by Gasteiger charge is 2.31. The van der Waals surface area contributed by atoms with E-state index in [0.717, 1.165) is 29.3 Å². The highest BCUT2D eigenvalue weighted by atomic mass is 19.4. The van der Waals surface area contributed by atoms with E-state index >= 15 is 0 Å². The van der Waals surface area contributed by atoms with Gasteiger partial charge in [0.1, 0.15) is 17.8 Å². The molecule has 1 N–H and O–H groups in total. The molecule has 2 aromatic rings. The first-order chi connectivity index (χ1) is 15.1. The van der Waals surface area contributed by atoms with Crippen LogP contribution in [-0.2, 0) is 11.0 Å². The van der Waals surface area contributed by atoms with E-state index in [1.165, 1.54) is 30.4 Å². The number of hydrazone groups is 1. The number of carbonyl (C=O) groups excluding carboxylic acids is 1. The molecule has 0 aromatic heterocycles. The number of rotatable bonds is 2. The lowest BCUT2D eigenvalue weighted by Gasteiger charge is -2.33. The lowest BCUT2D eigenvalue weighted by molar-refractivity contribution is -0.137. The van der Waals surface area contributed by atoms with Crippen molar-refractivity contribution in [2.75, 3.05) is 0 Å². The normalized spacial score (nSPS) is 22.9. The number of hydrogen-bond acceptors (Lipinski definition) is 3. The minimum absolute atomic E-state index is 0.122. The Morgan fingerprint density at radius 2 is 1.75 bits per heavy atom. The molecule has 2 heterocycles. The van der Waals surface area contributed by atoms with Crippen LogP contribution in [0.5, 0.6) is 0 Å². The zero-order valence-corrected chi connectivity index (χ0v) is 16.6. The summed E-state index contributed by atoms with van der Waals surface area (Å²) >= 11 is 0. The molecule has 32 heavy (non-hydrogen) atoms. The van der Waals surface area contributed by atoms with Crippen LogP contribution in [0.1, 0.15) is 23.6 Å². The molecular formula is C23H16F5N3O. The number of nitrogens with zero attached hydrogens (tertiary/aromatic N) is 2. The first kappa shape index (κ1) is 21.5. The van der Waals surface area contributed by atoms with E-state index in [2.05, 4.69) is 10.4 Å². The first-order valence-corrected chi connectivity index (χ1v) is 9.51. The highest BCUT2D eigenvalue weighted by molar-refractivity contribution is 6.01. The second kappa shape index (κ2) is 8.07. The summed E-state index contributed by atoms with van der Waals surface area (Å²) in [6.07, 6.45) is 0.616. The highest BCUT2D eigenvalue weighted by Crippen LogP contribution is 2.31. The monoisotopic (exact) mass is 445 g/mol. The molecule has 0 saturated carbocycles. The van der Waals surface area contributed by atoms with Crippen LogP contribution in [0, 0.1) is 11.6 Å². The minimum atomic E-state index is -4.48. The molecule has 0 radical (unpaired) electrons. The SMILES string of the molecule is CC1=N/N2C(=O)C=C(c3ccc(C(F)(F)F)cc3)NC2/C=C(c2ccc(F)cc2F)/C=C\1. The lowest BCUT2D eigenvalue weighted by Crippen LogP contribution is -2.48. The van der Waals surface area contributed by atoms with Gasteiger partial charge in [0.15, 0.2) is 0 Å². The summed E-state index contributed by atoms with van der Waals surface area (Å²) in [5.41, 5.74) is 0.809. The van der Waals surface area contributed by atoms with Crippen molar-refractivity contribution < 1.29 is 26.7 Å². The number of nitrogens with one attached hydrogen (secondary N) is 1. The molecule has 0 aliphatic carbocycles. The second-order valence-electron chi connectivity index (χ2n) is 7.23. The van der Waals surface area contributed by atoms with Crippen molar-refractivity contribution >= 4 is 22.9 Å². The van der Waals surface area contributed by atoms with Gasteiger partial charge in [-0.3, -0.25) is 4.79 Å².